The van der Waals surface area contributed by atoms with Gasteiger partial charge in [0.15, 0.2) is 6.39 Å². The lowest BCUT2D eigenvalue weighted by Gasteiger charge is -2.32. The van der Waals surface area contributed by atoms with Gasteiger partial charge in [0.05, 0.1) is 12.8 Å². The predicted molar refractivity (Wildman–Crippen MR) is 77.0 cm³/mol. The van der Waals surface area contributed by atoms with Crippen molar-refractivity contribution in [3.63, 3.8) is 0 Å². The minimum Gasteiger partial charge on any atom is -0.481 e. The highest BCUT2D eigenvalue weighted by molar-refractivity contribution is 5.38. The number of likely N-dealkylation sites (tertiary alicyclic amines) is 1. The van der Waals surface area contributed by atoms with Crippen LogP contribution in [0.15, 0.2) is 29.5 Å². The summed E-state index contributed by atoms with van der Waals surface area (Å²) in [5.74, 6) is 1.40. The Bertz CT molecular complexity index is 552. The normalized spacial score (nSPS) is 16.8. The van der Waals surface area contributed by atoms with E-state index in [1.165, 1.54) is 12.7 Å². The second kappa shape index (κ2) is 6.53. The average molecular weight is 289 g/mol. The quantitative estimate of drug-likeness (QED) is 0.894. The first-order chi connectivity index (χ1) is 10.3. The van der Waals surface area contributed by atoms with Crippen LogP contribution in [0.5, 0.6) is 5.88 Å². The van der Waals surface area contributed by atoms with Crippen molar-refractivity contribution in [3.05, 3.63) is 30.7 Å². The van der Waals surface area contributed by atoms with E-state index in [1.54, 1.807) is 13.4 Å². The second-order valence-electron chi connectivity index (χ2n) is 5.12. The smallest absolute Gasteiger partial charge is 0.218 e. The molecule has 0 atom stereocenters. The third kappa shape index (κ3) is 3.69. The molecule has 1 aliphatic rings. The lowest BCUT2D eigenvalue weighted by molar-refractivity contribution is 0.209. The standard InChI is InChI=1S/C14H19N5O2/c1-20-14-6-13(15-9-16-14)18-11-2-4-19(5-3-11)7-12-8-21-10-17-12/h6,8-11H,2-5,7H2,1H3,(H,15,16,18). The highest BCUT2D eigenvalue weighted by atomic mass is 16.5. The average Bonchev–Trinajstić information content (AvgIpc) is 3.02. The first-order valence-electron chi connectivity index (χ1n) is 7.05. The topological polar surface area (TPSA) is 76.3 Å². The van der Waals surface area contributed by atoms with Gasteiger partial charge in [-0.3, -0.25) is 4.90 Å². The summed E-state index contributed by atoms with van der Waals surface area (Å²) in [5.41, 5.74) is 0.988. The minimum absolute atomic E-state index is 0.429. The maximum atomic E-state index is 5.10. The van der Waals surface area contributed by atoms with Crippen molar-refractivity contribution in [3.8, 4) is 5.88 Å². The van der Waals surface area contributed by atoms with Crippen LogP contribution in [0.1, 0.15) is 18.5 Å². The SMILES string of the molecule is COc1cc(NC2CCN(Cc3cocn3)CC2)ncn1. The first kappa shape index (κ1) is 13.8. The van der Waals surface area contributed by atoms with Crippen LogP contribution in [-0.4, -0.2) is 46.1 Å². The van der Waals surface area contributed by atoms with Crippen LogP contribution >= 0.6 is 0 Å². The van der Waals surface area contributed by atoms with Crippen LogP contribution in [0, 0.1) is 0 Å². The number of piperidine rings is 1. The van der Waals surface area contributed by atoms with E-state index in [4.69, 9.17) is 9.15 Å². The predicted octanol–water partition coefficient (Wildman–Crippen LogP) is 1.55. The molecule has 1 aliphatic heterocycles. The van der Waals surface area contributed by atoms with Crippen LogP contribution < -0.4 is 10.1 Å². The van der Waals surface area contributed by atoms with Gasteiger partial charge >= 0.3 is 0 Å². The summed E-state index contributed by atoms with van der Waals surface area (Å²) in [5, 5.41) is 3.44. The molecule has 0 radical (unpaired) electrons. The van der Waals surface area contributed by atoms with Crippen molar-refractivity contribution in [1.82, 2.24) is 19.9 Å². The summed E-state index contributed by atoms with van der Waals surface area (Å²) in [4.78, 5) is 14.8. The van der Waals surface area contributed by atoms with E-state index in [0.29, 0.717) is 11.9 Å². The Morgan fingerprint density at radius 2 is 2.19 bits per heavy atom. The molecule has 0 saturated carbocycles. The Morgan fingerprint density at radius 3 is 2.90 bits per heavy atom. The third-order valence-electron chi connectivity index (χ3n) is 3.66. The van der Waals surface area contributed by atoms with Crippen molar-refractivity contribution >= 4 is 5.82 Å². The Kier molecular flexibility index (Phi) is 4.30. The third-order valence-corrected chi connectivity index (χ3v) is 3.66. The monoisotopic (exact) mass is 289 g/mol. The maximum Gasteiger partial charge on any atom is 0.218 e. The molecule has 7 nitrogen and oxygen atoms in total. The van der Waals surface area contributed by atoms with E-state index >= 15 is 0 Å². The van der Waals surface area contributed by atoms with Crippen molar-refractivity contribution in [1.29, 1.82) is 0 Å². The van der Waals surface area contributed by atoms with Crippen molar-refractivity contribution in [2.45, 2.75) is 25.4 Å². The van der Waals surface area contributed by atoms with Gasteiger partial charge in [-0.15, -0.1) is 0 Å². The molecule has 21 heavy (non-hydrogen) atoms. The minimum atomic E-state index is 0.429. The number of aromatic nitrogens is 3. The molecule has 0 amide bonds. The molecular formula is C14H19N5O2. The summed E-state index contributed by atoms with van der Waals surface area (Å²) >= 11 is 0. The molecule has 0 bridgehead atoms. The summed E-state index contributed by atoms with van der Waals surface area (Å²) in [6, 6.07) is 2.25. The second-order valence-corrected chi connectivity index (χ2v) is 5.12. The number of nitrogens with one attached hydrogen (secondary N) is 1. The molecule has 3 heterocycles. The molecule has 0 aromatic carbocycles. The Balaban J connectivity index is 1.49. The van der Waals surface area contributed by atoms with Gasteiger partial charge in [0.1, 0.15) is 18.4 Å². The van der Waals surface area contributed by atoms with Crippen molar-refractivity contribution in [2.24, 2.45) is 0 Å². The van der Waals surface area contributed by atoms with Gasteiger partial charge in [0, 0.05) is 31.7 Å². The molecule has 1 fully saturated rings. The van der Waals surface area contributed by atoms with Gasteiger partial charge in [0.2, 0.25) is 5.88 Å². The highest BCUT2D eigenvalue weighted by Gasteiger charge is 2.20. The number of hydrogen-bond acceptors (Lipinski definition) is 7. The number of nitrogens with zero attached hydrogens (tertiary/aromatic N) is 4. The summed E-state index contributed by atoms with van der Waals surface area (Å²) < 4.78 is 10.1. The van der Waals surface area contributed by atoms with E-state index in [2.05, 4.69) is 25.2 Å². The fraction of sp³-hybridized carbons (Fsp3) is 0.500. The van der Waals surface area contributed by atoms with Crippen LogP contribution in [0.4, 0.5) is 5.82 Å². The van der Waals surface area contributed by atoms with E-state index in [1.807, 2.05) is 6.07 Å². The largest absolute Gasteiger partial charge is 0.481 e. The number of oxazole rings is 1. The van der Waals surface area contributed by atoms with E-state index in [-0.39, 0.29) is 0 Å². The fourth-order valence-electron chi connectivity index (χ4n) is 2.52. The molecule has 3 rings (SSSR count). The molecule has 0 spiro atoms. The number of anilines is 1. The molecule has 0 unspecified atom stereocenters. The molecular weight excluding hydrogens is 270 g/mol. The van der Waals surface area contributed by atoms with Crippen molar-refractivity contribution < 1.29 is 9.15 Å². The molecule has 0 aliphatic carbocycles. The van der Waals surface area contributed by atoms with Gasteiger partial charge in [-0.1, -0.05) is 0 Å². The van der Waals surface area contributed by atoms with Crippen LogP contribution in [0.2, 0.25) is 0 Å². The zero-order valence-electron chi connectivity index (χ0n) is 12.0. The zero-order chi connectivity index (χ0) is 14.5. The Hall–Kier alpha value is -2.15. The number of ether oxygens (including phenoxy) is 1. The van der Waals surface area contributed by atoms with Crippen LogP contribution in [0.3, 0.4) is 0 Å². The Morgan fingerprint density at radius 1 is 1.33 bits per heavy atom. The highest BCUT2D eigenvalue weighted by Crippen LogP contribution is 2.18. The van der Waals surface area contributed by atoms with E-state index in [0.717, 1.165) is 44.0 Å². The number of rotatable bonds is 5. The molecule has 7 heteroatoms. The Labute approximate surface area is 123 Å². The van der Waals surface area contributed by atoms with Crippen LogP contribution in [-0.2, 0) is 6.54 Å². The number of methoxy groups -OCH3 is 1. The molecule has 2 aromatic heterocycles. The first-order valence-corrected chi connectivity index (χ1v) is 7.05. The summed E-state index contributed by atoms with van der Waals surface area (Å²) in [6.07, 6.45) is 6.85. The molecule has 1 saturated heterocycles. The van der Waals surface area contributed by atoms with Crippen molar-refractivity contribution in [2.75, 3.05) is 25.5 Å². The van der Waals surface area contributed by atoms with Gasteiger partial charge in [-0.05, 0) is 12.8 Å². The lowest BCUT2D eigenvalue weighted by Crippen LogP contribution is -2.38. The van der Waals surface area contributed by atoms with Gasteiger partial charge < -0.3 is 14.5 Å². The zero-order valence-corrected chi connectivity index (χ0v) is 12.0. The number of hydrogen-bond donors (Lipinski definition) is 1. The lowest BCUT2D eigenvalue weighted by atomic mass is 10.0. The van der Waals surface area contributed by atoms with Gasteiger partial charge in [0.25, 0.3) is 0 Å². The van der Waals surface area contributed by atoms with Gasteiger partial charge in [-0.25, -0.2) is 15.0 Å². The van der Waals surface area contributed by atoms with E-state index < -0.39 is 0 Å². The molecule has 112 valence electrons. The van der Waals surface area contributed by atoms with E-state index in [9.17, 15) is 0 Å². The summed E-state index contributed by atoms with van der Waals surface area (Å²) in [6.45, 7) is 2.92. The molecule has 2 aromatic rings. The molecule has 1 N–H and O–H groups in total. The summed E-state index contributed by atoms with van der Waals surface area (Å²) in [7, 11) is 1.61. The van der Waals surface area contributed by atoms with Crippen LogP contribution in [0.25, 0.3) is 0 Å². The fourth-order valence-corrected chi connectivity index (χ4v) is 2.52. The maximum absolute atomic E-state index is 5.10. The van der Waals surface area contributed by atoms with Gasteiger partial charge in [-0.2, -0.15) is 0 Å².